The maximum absolute atomic E-state index is 5.47. The molecule has 1 aliphatic heterocycles. The molecule has 2 N–H and O–H groups in total. The standard InChI is InChI=1S/C12H22N4O/c1-2-16-8-4-5-10(9-16)12-14-11(17-15-12)6-3-7-13/h10H,2-9,13H2,1H3. The first-order valence-electron chi connectivity index (χ1n) is 6.58. The lowest BCUT2D eigenvalue weighted by atomic mass is 9.97. The van der Waals surface area contributed by atoms with E-state index in [1.165, 1.54) is 19.4 Å². The highest BCUT2D eigenvalue weighted by atomic mass is 16.5. The predicted molar refractivity (Wildman–Crippen MR) is 65.8 cm³/mol. The highest BCUT2D eigenvalue weighted by Gasteiger charge is 2.24. The molecule has 1 atom stereocenters. The van der Waals surface area contributed by atoms with E-state index in [2.05, 4.69) is 22.0 Å². The number of hydrogen-bond acceptors (Lipinski definition) is 5. The summed E-state index contributed by atoms with van der Waals surface area (Å²) in [6.07, 6.45) is 4.11. The maximum atomic E-state index is 5.47. The molecule has 0 bridgehead atoms. The first kappa shape index (κ1) is 12.5. The number of piperidine rings is 1. The molecule has 1 aliphatic rings. The van der Waals surface area contributed by atoms with Gasteiger partial charge in [-0.3, -0.25) is 0 Å². The molecule has 5 nitrogen and oxygen atoms in total. The van der Waals surface area contributed by atoms with E-state index in [0.29, 0.717) is 12.5 Å². The Labute approximate surface area is 102 Å². The van der Waals surface area contributed by atoms with Crippen LogP contribution >= 0.6 is 0 Å². The molecule has 1 aromatic heterocycles. The average molecular weight is 238 g/mol. The Bertz CT molecular complexity index is 339. The fraction of sp³-hybridized carbons (Fsp3) is 0.833. The van der Waals surface area contributed by atoms with Gasteiger partial charge in [-0.1, -0.05) is 12.1 Å². The smallest absolute Gasteiger partial charge is 0.226 e. The van der Waals surface area contributed by atoms with Crippen molar-refractivity contribution in [2.24, 2.45) is 5.73 Å². The van der Waals surface area contributed by atoms with Crippen LogP contribution in [-0.4, -0.2) is 41.2 Å². The molecule has 2 rings (SSSR count). The van der Waals surface area contributed by atoms with Crippen LogP contribution in [0.1, 0.15) is 43.8 Å². The summed E-state index contributed by atoms with van der Waals surface area (Å²) < 4.78 is 5.25. The highest BCUT2D eigenvalue weighted by molar-refractivity contribution is 4.98. The van der Waals surface area contributed by atoms with Gasteiger partial charge in [0.1, 0.15) is 0 Å². The number of rotatable bonds is 5. The minimum absolute atomic E-state index is 0.444. The molecule has 1 unspecified atom stereocenters. The van der Waals surface area contributed by atoms with Crippen LogP contribution in [-0.2, 0) is 6.42 Å². The van der Waals surface area contributed by atoms with Crippen molar-refractivity contribution >= 4 is 0 Å². The Kier molecular flexibility index (Phi) is 4.50. The summed E-state index contributed by atoms with van der Waals surface area (Å²) in [5.74, 6) is 2.06. The summed E-state index contributed by atoms with van der Waals surface area (Å²) in [7, 11) is 0. The monoisotopic (exact) mass is 238 g/mol. The van der Waals surface area contributed by atoms with Gasteiger partial charge in [-0.2, -0.15) is 4.98 Å². The van der Waals surface area contributed by atoms with E-state index in [1.54, 1.807) is 0 Å². The fourth-order valence-electron chi connectivity index (χ4n) is 2.34. The van der Waals surface area contributed by atoms with Crippen LogP contribution in [0.2, 0.25) is 0 Å². The molecule has 0 saturated carbocycles. The van der Waals surface area contributed by atoms with Crippen molar-refractivity contribution in [3.63, 3.8) is 0 Å². The van der Waals surface area contributed by atoms with Gasteiger partial charge in [-0.15, -0.1) is 0 Å². The van der Waals surface area contributed by atoms with Gasteiger partial charge < -0.3 is 15.2 Å². The van der Waals surface area contributed by atoms with E-state index >= 15 is 0 Å². The van der Waals surface area contributed by atoms with Crippen molar-refractivity contribution in [3.05, 3.63) is 11.7 Å². The highest BCUT2D eigenvalue weighted by Crippen LogP contribution is 2.24. The van der Waals surface area contributed by atoms with E-state index in [9.17, 15) is 0 Å². The fourth-order valence-corrected chi connectivity index (χ4v) is 2.34. The number of likely N-dealkylation sites (tertiary alicyclic amines) is 1. The Morgan fingerprint density at radius 2 is 2.41 bits per heavy atom. The summed E-state index contributed by atoms with van der Waals surface area (Å²) in [6.45, 7) is 6.24. The molecule has 1 saturated heterocycles. The number of aromatic nitrogens is 2. The van der Waals surface area contributed by atoms with Crippen molar-refractivity contribution in [3.8, 4) is 0 Å². The molecule has 1 fully saturated rings. The summed E-state index contributed by atoms with van der Waals surface area (Å²) in [6, 6.07) is 0. The van der Waals surface area contributed by atoms with Gasteiger partial charge in [0.15, 0.2) is 5.82 Å². The largest absolute Gasteiger partial charge is 0.339 e. The number of likely N-dealkylation sites (N-methyl/N-ethyl adjacent to an activating group) is 1. The number of nitrogens with two attached hydrogens (primary N) is 1. The second kappa shape index (κ2) is 6.12. The lowest BCUT2D eigenvalue weighted by Gasteiger charge is -2.29. The molecule has 17 heavy (non-hydrogen) atoms. The minimum Gasteiger partial charge on any atom is -0.339 e. The summed E-state index contributed by atoms with van der Waals surface area (Å²) in [5, 5.41) is 4.11. The molecular weight excluding hydrogens is 216 g/mol. The van der Waals surface area contributed by atoms with Gasteiger partial charge in [-0.25, -0.2) is 0 Å². The molecule has 0 amide bonds. The summed E-state index contributed by atoms with van der Waals surface area (Å²) in [4.78, 5) is 6.93. The molecule has 96 valence electrons. The lowest BCUT2D eigenvalue weighted by Crippen LogP contribution is -2.34. The third-order valence-corrected chi connectivity index (χ3v) is 3.40. The second-order valence-electron chi connectivity index (χ2n) is 4.67. The van der Waals surface area contributed by atoms with E-state index in [4.69, 9.17) is 10.3 Å². The molecule has 5 heteroatoms. The quantitative estimate of drug-likeness (QED) is 0.833. The molecule has 0 radical (unpaired) electrons. The molecule has 0 aliphatic carbocycles. The van der Waals surface area contributed by atoms with Gasteiger partial charge in [-0.05, 0) is 38.9 Å². The normalized spacial score (nSPS) is 21.9. The van der Waals surface area contributed by atoms with E-state index in [1.807, 2.05) is 0 Å². The SMILES string of the molecule is CCN1CCCC(c2noc(CCCN)n2)C1. The Morgan fingerprint density at radius 1 is 1.53 bits per heavy atom. The number of nitrogens with zero attached hydrogens (tertiary/aromatic N) is 3. The van der Waals surface area contributed by atoms with Gasteiger partial charge in [0.25, 0.3) is 0 Å². The third kappa shape index (κ3) is 3.26. The average Bonchev–Trinajstić information content (AvgIpc) is 2.85. The number of hydrogen-bond donors (Lipinski definition) is 1. The third-order valence-electron chi connectivity index (χ3n) is 3.40. The van der Waals surface area contributed by atoms with Crippen LogP contribution in [0.15, 0.2) is 4.52 Å². The van der Waals surface area contributed by atoms with Gasteiger partial charge >= 0.3 is 0 Å². The van der Waals surface area contributed by atoms with E-state index < -0.39 is 0 Å². The maximum Gasteiger partial charge on any atom is 0.226 e. The predicted octanol–water partition coefficient (Wildman–Crippen LogP) is 1.16. The van der Waals surface area contributed by atoms with Crippen molar-refractivity contribution < 1.29 is 4.52 Å². The van der Waals surface area contributed by atoms with Crippen molar-refractivity contribution in [2.45, 2.75) is 38.5 Å². The Hall–Kier alpha value is -0.940. The molecule has 0 spiro atoms. The van der Waals surface area contributed by atoms with Crippen molar-refractivity contribution in [1.29, 1.82) is 0 Å². The van der Waals surface area contributed by atoms with Crippen LogP contribution in [0.5, 0.6) is 0 Å². The first-order valence-corrected chi connectivity index (χ1v) is 6.58. The second-order valence-corrected chi connectivity index (χ2v) is 4.67. The molecule has 0 aromatic carbocycles. The van der Waals surface area contributed by atoms with Crippen LogP contribution < -0.4 is 5.73 Å². The molecule has 1 aromatic rings. The lowest BCUT2D eigenvalue weighted by molar-refractivity contribution is 0.211. The zero-order valence-corrected chi connectivity index (χ0v) is 10.6. The van der Waals surface area contributed by atoms with Gasteiger partial charge in [0, 0.05) is 18.9 Å². The summed E-state index contributed by atoms with van der Waals surface area (Å²) in [5.41, 5.74) is 5.47. The van der Waals surface area contributed by atoms with Gasteiger partial charge in [0.2, 0.25) is 5.89 Å². The van der Waals surface area contributed by atoms with E-state index in [0.717, 1.165) is 37.6 Å². The number of aryl methyl sites for hydroxylation is 1. The van der Waals surface area contributed by atoms with Crippen LogP contribution in [0.3, 0.4) is 0 Å². The topological polar surface area (TPSA) is 68.2 Å². The zero-order valence-electron chi connectivity index (χ0n) is 10.6. The zero-order chi connectivity index (χ0) is 12.1. The minimum atomic E-state index is 0.444. The van der Waals surface area contributed by atoms with Crippen LogP contribution in [0, 0.1) is 0 Å². The Balaban J connectivity index is 1.94. The molecular formula is C12H22N4O. The van der Waals surface area contributed by atoms with Crippen LogP contribution in [0.4, 0.5) is 0 Å². The first-order chi connectivity index (χ1) is 8.33. The van der Waals surface area contributed by atoms with Gasteiger partial charge in [0.05, 0.1) is 0 Å². The summed E-state index contributed by atoms with van der Waals surface area (Å²) >= 11 is 0. The van der Waals surface area contributed by atoms with E-state index in [-0.39, 0.29) is 0 Å². The van der Waals surface area contributed by atoms with Crippen molar-refractivity contribution in [2.75, 3.05) is 26.2 Å². The Morgan fingerprint density at radius 3 is 3.18 bits per heavy atom. The van der Waals surface area contributed by atoms with Crippen LogP contribution in [0.25, 0.3) is 0 Å². The van der Waals surface area contributed by atoms with Crippen molar-refractivity contribution in [1.82, 2.24) is 15.0 Å². The molecule has 2 heterocycles.